The van der Waals surface area contributed by atoms with Crippen molar-refractivity contribution in [3.63, 3.8) is 0 Å². The summed E-state index contributed by atoms with van der Waals surface area (Å²) in [6.07, 6.45) is 0. The zero-order valence-electron chi connectivity index (χ0n) is 18.3. The molecule has 4 aromatic carbocycles. The lowest BCUT2D eigenvalue weighted by Crippen LogP contribution is -2.08. The minimum atomic E-state index is -5.55. The van der Waals surface area contributed by atoms with E-state index in [1.165, 1.54) is 30.9 Å². The molecule has 5 rings (SSSR count). The molecule has 1 aromatic heterocycles. The van der Waals surface area contributed by atoms with E-state index in [0.717, 1.165) is 0 Å². The van der Waals surface area contributed by atoms with Crippen LogP contribution in [0.25, 0.3) is 30.9 Å². The van der Waals surface area contributed by atoms with Crippen molar-refractivity contribution in [2.24, 2.45) is 0 Å². The minimum absolute atomic E-state index is 0.164. The fraction of sp³-hybridized carbons (Fsp3) is 0. The SMILES string of the molecule is O=[N+]([O-])c1cc([N+](=O)[O-])c(S(=O)(=O)[O-])c([N+](=O)[O-])c1.c1ccc2cc3[s+]c4ccccc4cc3cc2c1. The summed E-state index contributed by atoms with van der Waals surface area (Å²) in [6.45, 7) is 0. The Morgan fingerprint density at radius 3 is 1.59 bits per heavy atom. The maximum atomic E-state index is 10.8. The van der Waals surface area contributed by atoms with Crippen LogP contribution in [0.1, 0.15) is 0 Å². The highest BCUT2D eigenvalue weighted by Crippen LogP contribution is 2.37. The smallest absolute Gasteiger partial charge is 0.300 e. The number of nitro benzene ring substituents is 3. The van der Waals surface area contributed by atoms with E-state index in [9.17, 15) is 43.3 Å². The average Bonchev–Trinajstić information content (AvgIpc) is 2.85. The van der Waals surface area contributed by atoms with Crippen LogP contribution in [0.2, 0.25) is 0 Å². The molecule has 0 spiro atoms. The molecule has 0 amide bonds. The molecular formula is C23H13N3O9S2. The fourth-order valence-electron chi connectivity index (χ4n) is 3.63. The number of fused-ring (bicyclic) bond motifs is 3. The number of nitrogens with zero attached hydrogens (tertiary/aromatic N) is 3. The molecule has 0 saturated carbocycles. The highest BCUT2D eigenvalue weighted by molar-refractivity contribution is 7.86. The van der Waals surface area contributed by atoms with E-state index in [4.69, 9.17) is 0 Å². The van der Waals surface area contributed by atoms with Gasteiger partial charge in [-0.3, -0.25) is 30.3 Å². The molecule has 0 N–H and O–H groups in total. The fourth-order valence-corrected chi connectivity index (χ4v) is 5.46. The molecule has 0 fully saturated rings. The third kappa shape index (κ3) is 5.30. The molecule has 0 saturated heterocycles. The van der Waals surface area contributed by atoms with Crippen LogP contribution < -0.4 is 0 Å². The summed E-state index contributed by atoms with van der Waals surface area (Å²) in [5, 5.41) is 36.9. The van der Waals surface area contributed by atoms with Crippen molar-refractivity contribution in [2.75, 3.05) is 0 Å². The van der Waals surface area contributed by atoms with Crippen molar-refractivity contribution in [3.8, 4) is 0 Å². The zero-order valence-corrected chi connectivity index (χ0v) is 20.0. The molecule has 0 unspecified atom stereocenters. The van der Waals surface area contributed by atoms with Crippen LogP contribution in [0.15, 0.2) is 83.8 Å². The second-order valence-electron chi connectivity index (χ2n) is 7.56. The molecule has 12 nitrogen and oxygen atoms in total. The first kappa shape index (κ1) is 25.4. The van der Waals surface area contributed by atoms with Gasteiger partial charge in [-0.15, -0.1) is 0 Å². The first-order valence-electron chi connectivity index (χ1n) is 10.2. The topological polar surface area (TPSA) is 187 Å². The Labute approximate surface area is 211 Å². The van der Waals surface area contributed by atoms with Crippen LogP contribution in [0.5, 0.6) is 0 Å². The van der Waals surface area contributed by atoms with Gasteiger partial charge in [-0.25, -0.2) is 8.42 Å². The molecule has 0 aliphatic heterocycles. The van der Waals surface area contributed by atoms with Gasteiger partial charge < -0.3 is 4.55 Å². The number of benzene rings is 4. The van der Waals surface area contributed by atoms with Gasteiger partial charge in [0.05, 0.1) is 26.9 Å². The highest BCUT2D eigenvalue weighted by atomic mass is 32.2. The Balaban J connectivity index is 0.000000173. The largest absolute Gasteiger partial charge is 0.744 e. The molecule has 0 bridgehead atoms. The number of non-ortho nitro benzene ring substituents is 1. The zero-order chi connectivity index (χ0) is 26.9. The molecule has 14 heteroatoms. The summed E-state index contributed by atoms with van der Waals surface area (Å²) in [5.74, 6) is 0. The standard InChI is InChI=1S/C17H11S.C6H3N3O9S/c1-2-6-13-11-17-15(9-12(13)5-1)10-14-7-3-4-8-16(14)18-17;10-7(11)3-1-4(8(12)13)6(19(16,17)18)5(2-3)9(14)15/h1-11H;1-2H,(H,16,17,18)/q+1;/p-1. The first-order valence-corrected chi connectivity index (χ1v) is 12.4. The van der Waals surface area contributed by atoms with Crippen LogP contribution in [-0.4, -0.2) is 27.7 Å². The molecule has 1 heterocycles. The first-order chi connectivity index (χ1) is 17.5. The summed E-state index contributed by atoms with van der Waals surface area (Å²) in [5.41, 5.74) is -4.11. The number of nitro groups is 3. The van der Waals surface area contributed by atoms with Crippen molar-refractivity contribution in [2.45, 2.75) is 4.90 Å². The van der Waals surface area contributed by atoms with E-state index in [2.05, 4.69) is 66.7 Å². The van der Waals surface area contributed by atoms with Gasteiger partial charge in [0.2, 0.25) is 25.6 Å². The van der Waals surface area contributed by atoms with Crippen LogP contribution in [0.4, 0.5) is 17.1 Å². The van der Waals surface area contributed by atoms with Crippen LogP contribution in [0, 0.1) is 30.3 Å². The average molecular weight is 540 g/mol. The third-order valence-electron chi connectivity index (χ3n) is 5.22. The quantitative estimate of drug-likeness (QED) is 0.0893. The summed E-state index contributed by atoms with van der Waals surface area (Å²) >= 11 is 1.87. The number of rotatable bonds is 4. The van der Waals surface area contributed by atoms with E-state index in [-0.39, 0.29) is 12.1 Å². The van der Waals surface area contributed by atoms with Gasteiger partial charge in [0.1, 0.15) is 10.1 Å². The van der Waals surface area contributed by atoms with Crippen molar-refractivity contribution in [1.82, 2.24) is 0 Å². The maximum absolute atomic E-state index is 10.8. The lowest BCUT2D eigenvalue weighted by molar-refractivity contribution is -0.407. The molecule has 0 atom stereocenters. The Kier molecular flexibility index (Phi) is 6.72. The lowest BCUT2D eigenvalue weighted by atomic mass is 10.1. The Morgan fingerprint density at radius 2 is 1.08 bits per heavy atom. The highest BCUT2D eigenvalue weighted by Gasteiger charge is 2.34. The summed E-state index contributed by atoms with van der Waals surface area (Å²) in [4.78, 5) is 25.8. The van der Waals surface area contributed by atoms with Gasteiger partial charge in [-0.2, -0.15) is 0 Å². The van der Waals surface area contributed by atoms with E-state index in [1.807, 2.05) is 11.3 Å². The van der Waals surface area contributed by atoms with E-state index in [0.29, 0.717) is 0 Å². The summed E-state index contributed by atoms with van der Waals surface area (Å²) < 4.78 is 35.2. The second-order valence-corrected chi connectivity index (χ2v) is 9.96. The van der Waals surface area contributed by atoms with Crippen LogP contribution in [-0.2, 0) is 10.1 Å². The Bertz CT molecular complexity index is 1680. The van der Waals surface area contributed by atoms with Gasteiger partial charge in [0.25, 0.3) is 5.69 Å². The lowest BCUT2D eigenvalue weighted by Gasteiger charge is -2.07. The van der Waals surface area contributed by atoms with Crippen molar-refractivity contribution < 1.29 is 27.7 Å². The van der Waals surface area contributed by atoms with Gasteiger partial charge in [0, 0.05) is 22.9 Å². The van der Waals surface area contributed by atoms with E-state index >= 15 is 0 Å². The van der Waals surface area contributed by atoms with Crippen LogP contribution in [0.3, 0.4) is 0 Å². The predicted molar refractivity (Wildman–Crippen MR) is 136 cm³/mol. The molecule has 37 heavy (non-hydrogen) atoms. The van der Waals surface area contributed by atoms with Gasteiger partial charge >= 0.3 is 11.4 Å². The van der Waals surface area contributed by atoms with Gasteiger partial charge in [0.15, 0.2) is 0 Å². The Hall–Kier alpha value is -4.66. The van der Waals surface area contributed by atoms with E-state index < -0.39 is 46.8 Å². The Morgan fingerprint density at radius 1 is 0.595 bits per heavy atom. The molecule has 0 aliphatic rings. The second kappa shape index (κ2) is 9.77. The van der Waals surface area contributed by atoms with Gasteiger partial charge in [-0.05, 0) is 29.0 Å². The number of hydrogen-bond donors (Lipinski definition) is 0. The molecule has 5 aromatic rings. The minimum Gasteiger partial charge on any atom is -0.744 e. The monoisotopic (exact) mass is 539 g/mol. The van der Waals surface area contributed by atoms with Crippen molar-refractivity contribution >= 4 is 69.5 Å². The summed E-state index contributed by atoms with van der Waals surface area (Å²) in [6, 6.07) is 24.3. The molecule has 0 radical (unpaired) electrons. The summed E-state index contributed by atoms with van der Waals surface area (Å²) in [7, 11) is -5.55. The maximum Gasteiger partial charge on any atom is 0.300 e. The van der Waals surface area contributed by atoms with Crippen molar-refractivity contribution in [1.29, 1.82) is 0 Å². The molecule has 186 valence electrons. The van der Waals surface area contributed by atoms with Crippen LogP contribution >= 0.6 is 11.3 Å². The molecular weight excluding hydrogens is 526 g/mol. The third-order valence-corrected chi connectivity index (χ3v) is 7.30. The van der Waals surface area contributed by atoms with Crippen molar-refractivity contribution in [3.05, 3.63) is 109 Å². The normalized spacial score (nSPS) is 11.2. The number of hydrogen-bond acceptors (Lipinski definition) is 9. The van der Waals surface area contributed by atoms with Gasteiger partial charge in [-0.1, -0.05) is 36.4 Å². The van der Waals surface area contributed by atoms with E-state index in [1.54, 1.807) is 0 Å². The predicted octanol–water partition coefficient (Wildman–Crippen LogP) is 5.80. The molecule has 0 aliphatic carbocycles.